The molecule has 0 fully saturated rings. The fourth-order valence-corrected chi connectivity index (χ4v) is 2.44. The summed E-state index contributed by atoms with van der Waals surface area (Å²) in [5.41, 5.74) is 1.45. The van der Waals surface area contributed by atoms with E-state index < -0.39 is 5.97 Å². The van der Waals surface area contributed by atoms with Crippen LogP contribution in [0.4, 0.5) is 5.69 Å². The number of nitrogens with one attached hydrogen (secondary N) is 1. The number of nitrogens with zero attached hydrogens (tertiary/aromatic N) is 4. The van der Waals surface area contributed by atoms with E-state index in [4.69, 9.17) is 28.3 Å². The number of carbonyl (C=O) groups is 1. The number of aromatic carboxylic acids is 1. The largest absolute Gasteiger partial charge is 0.478 e. The summed E-state index contributed by atoms with van der Waals surface area (Å²) < 4.78 is 1.55. The molecule has 3 aromatic rings. The number of tetrazole rings is 1. The molecular weight excluding hydrogens is 365 g/mol. The van der Waals surface area contributed by atoms with Crippen LogP contribution in [-0.4, -0.2) is 31.3 Å². The molecule has 0 aliphatic rings. The van der Waals surface area contributed by atoms with E-state index in [0.717, 1.165) is 5.69 Å². The number of carboxylic acids is 1. The standard InChI is InChI=1S/C16H11Cl2N5O2/c17-10-1-4-12(5-2-10)23-15(20-21-22-23)7-8-19-11-3-6-13(16(24)25)14(18)9-11/h1-9,19H,(H,24,25)/b8-7+. The Hall–Kier alpha value is -2.90. The Labute approximate surface area is 152 Å². The molecule has 0 spiro atoms. The van der Waals surface area contributed by atoms with Gasteiger partial charge in [-0.1, -0.05) is 23.2 Å². The van der Waals surface area contributed by atoms with Crippen molar-refractivity contribution < 1.29 is 9.90 Å². The minimum absolute atomic E-state index is 0.0443. The van der Waals surface area contributed by atoms with Crippen molar-refractivity contribution >= 4 is 40.9 Å². The van der Waals surface area contributed by atoms with Crippen molar-refractivity contribution in [3.8, 4) is 5.69 Å². The third-order valence-corrected chi connectivity index (χ3v) is 3.81. The average molecular weight is 376 g/mol. The molecule has 1 aromatic heterocycles. The summed E-state index contributed by atoms with van der Waals surface area (Å²) in [6.45, 7) is 0. The van der Waals surface area contributed by atoms with Gasteiger partial charge < -0.3 is 10.4 Å². The van der Waals surface area contributed by atoms with Crippen LogP contribution >= 0.6 is 23.2 Å². The van der Waals surface area contributed by atoms with Gasteiger partial charge in [0.25, 0.3) is 0 Å². The zero-order valence-electron chi connectivity index (χ0n) is 12.6. The van der Waals surface area contributed by atoms with Gasteiger partial charge in [0.15, 0.2) is 5.82 Å². The van der Waals surface area contributed by atoms with E-state index in [1.54, 1.807) is 47.3 Å². The van der Waals surface area contributed by atoms with E-state index in [0.29, 0.717) is 16.5 Å². The lowest BCUT2D eigenvalue weighted by molar-refractivity contribution is 0.0697. The lowest BCUT2D eigenvalue weighted by Gasteiger charge is -2.04. The summed E-state index contributed by atoms with van der Waals surface area (Å²) >= 11 is 11.8. The molecule has 2 aromatic carbocycles. The first-order valence-electron chi connectivity index (χ1n) is 7.05. The number of carboxylic acid groups (broad SMARTS) is 1. The van der Waals surface area contributed by atoms with Crippen LogP contribution in [0, 0.1) is 0 Å². The van der Waals surface area contributed by atoms with Crippen LogP contribution in [0.3, 0.4) is 0 Å². The number of hydrogen-bond acceptors (Lipinski definition) is 5. The van der Waals surface area contributed by atoms with Gasteiger partial charge >= 0.3 is 5.97 Å². The second-order valence-electron chi connectivity index (χ2n) is 4.90. The lowest BCUT2D eigenvalue weighted by atomic mass is 10.2. The zero-order valence-corrected chi connectivity index (χ0v) is 14.1. The monoisotopic (exact) mass is 375 g/mol. The van der Waals surface area contributed by atoms with Crippen molar-refractivity contribution in [2.24, 2.45) is 0 Å². The highest BCUT2D eigenvalue weighted by Gasteiger charge is 2.08. The smallest absolute Gasteiger partial charge is 0.337 e. The Morgan fingerprint density at radius 2 is 1.92 bits per heavy atom. The van der Waals surface area contributed by atoms with Crippen molar-refractivity contribution in [1.82, 2.24) is 20.2 Å². The first kappa shape index (κ1) is 16.9. The highest BCUT2D eigenvalue weighted by Crippen LogP contribution is 2.21. The molecule has 0 amide bonds. The van der Waals surface area contributed by atoms with Crippen LogP contribution in [0.5, 0.6) is 0 Å². The molecule has 25 heavy (non-hydrogen) atoms. The number of aromatic nitrogens is 4. The van der Waals surface area contributed by atoms with E-state index in [-0.39, 0.29) is 10.6 Å². The molecule has 0 bridgehead atoms. The Morgan fingerprint density at radius 1 is 1.16 bits per heavy atom. The maximum absolute atomic E-state index is 10.9. The number of rotatable bonds is 5. The van der Waals surface area contributed by atoms with Gasteiger partial charge in [-0.3, -0.25) is 0 Å². The average Bonchev–Trinajstić information content (AvgIpc) is 3.04. The topological polar surface area (TPSA) is 92.9 Å². The Kier molecular flexibility index (Phi) is 4.97. The van der Waals surface area contributed by atoms with Crippen molar-refractivity contribution in [3.05, 3.63) is 70.1 Å². The second-order valence-corrected chi connectivity index (χ2v) is 5.75. The summed E-state index contributed by atoms with van der Waals surface area (Å²) in [5, 5.41) is 24.3. The molecule has 0 aliphatic heterocycles. The van der Waals surface area contributed by atoms with Gasteiger partial charge in [0.2, 0.25) is 0 Å². The van der Waals surface area contributed by atoms with E-state index >= 15 is 0 Å². The minimum atomic E-state index is -1.07. The molecule has 1 heterocycles. The molecule has 0 saturated carbocycles. The third-order valence-electron chi connectivity index (χ3n) is 3.25. The molecule has 0 atom stereocenters. The Balaban J connectivity index is 1.75. The van der Waals surface area contributed by atoms with Crippen LogP contribution in [0.25, 0.3) is 11.8 Å². The van der Waals surface area contributed by atoms with Crippen LogP contribution in [0.1, 0.15) is 16.2 Å². The number of hydrogen-bond donors (Lipinski definition) is 2. The summed E-state index contributed by atoms with van der Waals surface area (Å²) in [7, 11) is 0. The fourth-order valence-electron chi connectivity index (χ4n) is 2.05. The first-order valence-corrected chi connectivity index (χ1v) is 7.80. The van der Waals surface area contributed by atoms with E-state index in [1.807, 2.05) is 0 Å². The maximum Gasteiger partial charge on any atom is 0.337 e. The van der Waals surface area contributed by atoms with Gasteiger partial charge in [-0.25, -0.2) is 4.79 Å². The number of benzene rings is 2. The summed E-state index contributed by atoms with van der Waals surface area (Å²) in [6, 6.07) is 11.7. The molecule has 0 saturated heterocycles. The second kappa shape index (κ2) is 7.33. The molecule has 126 valence electrons. The Bertz CT molecular complexity index is 938. The van der Waals surface area contributed by atoms with E-state index in [1.165, 1.54) is 12.1 Å². The van der Waals surface area contributed by atoms with Crippen LogP contribution in [0.2, 0.25) is 10.0 Å². The minimum Gasteiger partial charge on any atom is -0.478 e. The predicted molar refractivity (Wildman–Crippen MR) is 95.2 cm³/mol. The van der Waals surface area contributed by atoms with Gasteiger partial charge in [0.1, 0.15) is 0 Å². The summed E-state index contributed by atoms with van der Waals surface area (Å²) in [5.74, 6) is -0.572. The quantitative estimate of drug-likeness (QED) is 0.705. The normalized spacial score (nSPS) is 11.0. The van der Waals surface area contributed by atoms with Crippen molar-refractivity contribution in [2.75, 3.05) is 5.32 Å². The highest BCUT2D eigenvalue weighted by molar-refractivity contribution is 6.33. The van der Waals surface area contributed by atoms with Gasteiger partial charge in [-0.05, 0) is 52.9 Å². The van der Waals surface area contributed by atoms with Crippen LogP contribution < -0.4 is 5.32 Å². The number of anilines is 1. The van der Waals surface area contributed by atoms with Crippen molar-refractivity contribution in [2.45, 2.75) is 0 Å². The first-order chi connectivity index (χ1) is 12.0. The van der Waals surface area contributed by atoms with Gasteiger partial charge in [-0.15, -0.1) is 5.10 Å². The Morgan fingerprint density at radius 3 is 2.60 bits per heavy atom. The van der Waals surface area contributed by atoms with Gasteiger partial charge in [-0.2, -0.15) is 4.68 Å². The molecular formula is C16H11Cl2N5O2. The van der Waals surface area contributed by atoms with Crippen LogP contribution in [0.15, 0.2) is 48.7 Å². The zero-order chi connectivity index (χ0) is 17.8. The molecule has 0 unspecified atom stereocenters. The molecule has 0 aliphatic carbocycles. The van der Waals surface area contributed by atoms with Crippen molar-refractivity contribution in [1.29, 1.82) is 0 Å². The predicted octanol–water partition coefficient (Wildman–Crippen LogP) is 3.75. The maximum atomic E-state index is 10.9. The molecule has 2 N–H and O–H groups in total. The molecule has 0 radical (unpaired) electrons. The van der Waals surface area contributed by atoms with Gasteiger partial charge in [0.05, 0.1) is 16.3 Å². The van der Waals surface area contributed by atoms with Gasteiger partial charge in [0, 0.05) is 23.0 Å². The summed E-state index contributed by atoms with van der Waals surface area (Å²) in [6.07, 6.45) is 3.30. The fraction of sp³-hybridized carbons (Fsp3) is 0. The number of halogens is 2. The molecule has 7 nitrogen and oxygen atoms in total. The van der Waals surface area contributed by atoms with E-state index in [9.17, 15) is 4.79 Å². The SMILES string of the molecule is O=C(O)c1ccc(N/C=C/c2nnnn2-c2ccc(Cl)cc2)cc1Cl. The highest BCUT2D eigenvalue weighted by atomic mass is 35.5. The third kappa shape index (κ3) is 3.96. The lowest BCUT2D eigenvalue weighted by Crippen LogP contribution is -2.00. The van der Waals surface area contributed by atoms with Crippen LogP contribution in [-0.2, 0) is 0 Å². The van der Waals surface area contributed by atoms with E-state index in [2.05, 4.69) is 20.8 Å². The molecule has 3 rings (SSSR count). The summed E-state index contributed by atoms with van der Waals surface area (Å²) in [4.78, 5) is 10.9. The van der Waals surface area contributed by atoms with Crippen molar-refractivity contribution in [3.63, 3.8) is 0 Å². The molecule has 9 heteroatoms.